The summed E-state index contributed by atoms with van der Waals surface area (Å²) in [6.07, 6.45) is 4.58. The van der Waals surface area contributed by atoms with Crippen molar-refractivity contribution in [2.75, 3.05) is 11.5 Å². The van der Waals surface area contributed by atoms with E-state index in [-0.39, 0.29) is 5.78 Å². The third-order valence-electron chi connectivity index (χ3n) is 0.986. The van der Waals surface area contributed by atoms with E-state index in [0.717, 1.165) is 17.9 Å². The molecule has 0 heterocycles. The van der Waals surface area contributed by atoms with E-state index >= 15 is 0 Å². The van der Waals surface area contributed by atoms with Crippen LogP contribution in [0.1, 0.15) is 20.3 Å². The minimum Gasteiger partial charge on any atom is -0.295 e. The Morgan fingerprint density at radius 2 is 2.30 bits per heavy atom. The van der Waals surface area contributed by atoms with E-state index in [0.29, 0.717) is 0 Å². The number of carbonyl (C=O) groups excluding carboxylic acids is 1. The van der Waals surface area contributed by atoms with E-state index in [4.69, 9.17) is 0 Å². The Labute approximate surface area is 66.9 Å². The van der Waals surface area contributed by atoms with Crippen LogP contribution >= 0.6 is 11.8 Å². The SMILES string of the molecule is CCSCCC=CC(C)=O. The normalized spacial score (nSPS) is 10.6. The van der Waals surface area contributed by atoms with Crippen molar-refractivity contribution >= 4 is 17.5 Å². The Kier molecular flexibility index (Phi) is 6.71. The van der Waals surface area contributed by atoms with Crippen molar-refractivity contribution in [1.82, 2.24) is 0 Å². The molecule has 0 aliphatic heterocycles. The smallest absolute Gasteiger partial charge is 0.152 e. The zero-order chi connectivity index (χ0) is 7.82. The maximum absolute atomic E-state index is 10.4. The van der Waals surface area contributed by atoms with Gasteiger partial charge in [0.2, 0.25) is 0 Å². The molecule has 58 valence electrons. The molecule has 0 aromatic heterocycles. The fraction of sp³-hybridized carbons (Fsp3) is 0.625. The van der Waals surface area contributed by atoms with Crippen molar-refractivity contribution < 1.29 is 4.79 Å². The highest BCUT2D eigenvalue weighted by Gasteiger charge is 1.82. The summed E-state index contributed by atoms with van der Waals surface area (Å²) in [4.78, 5) is 10.4. The second-order valence-corrected chi connectivity index (χ2v) is 3.39. The topological polar surface area (TPSA) is 17.1 Å². The van der Waals surface area contributed by atoms with Crippen LogP contribution in [0.25, 0.3) is 0 Å². The minimum atomic E-state index is 0.140. The molecular formula is C8H14OS. The highest BCUT2D eigenvalue weighted by Crippen LogP contribution is 2.00. The quantitative estimate of drug-likeness (QED) is 0.451. The first-order valence-electron chi connectivity index (χ1n) is 3.52. The summed E-state index contributed by atoms with van der Waals surface area (Å²) in [5, 5.41) is 0. The number of hydrogen-bond acceptors (Lipinski definition) is 2. The third-order valence-corrected chi connectivity index (χ3v) is 1.92. The summed E-state index contributed by atoms with van der Waals surface area (Å²) in [6, 6.07) is 0. The number of rotatable bonds is 5. The number of hydrogen-bond donors (Lipinski definition) is 0. The first kappa shape index (κ1) is 9.76. The van der Waals surface area contributed by atoms with Gasteiger partial charge in [0.25, 0.3) is 0 Å². The second kappa shape index (κ2) is 6.87. The zero-order valence-corrected chi connectivity index (χ0v) is 7.41. The molecule has 0 saturated heterocycles. The molecule has 0 unspecified atom stereocenters. The average Bonchev–Trinajstić information content (AvgIpc) is 1.87. The standard InChI is InChI=1S/C8H14OS/c1-3-10-7-5-4-6-8(2)9/h4,6H,3,5,7H2,1-2H3. The Balaban J connectivity index is 3.10. The monoisotopic (exact) mass is 158 g/mol. The molecular weight excluding hydrogens is 144 g/mol. The minimum absolute atomic E-state index is 0.140. The highest BCUT2D eigenvalue weighted by atomic mass is 32.2. The molecule has 0 atom stereocenters. The van der Waals surface area contributed by atoms with Crippen molar-refractivity contribution in [2.24, 2.45) is 0 Å². The number of ketones is 1. The predicted octanol–water partition coefficient (Wildman–Crippen LogP) is 2.27. The van der Waals surface area contributed by atoms with Gasteiger partial charge in [-0.25, -0.2) is 0 Å². The lowest BCUT2D eigenvalue weighted by Crippen LogP contribution is -1.81. The van der Waals surface area contributed by atoms with Crippen LogP contribution in [0.3, 0.4) is 0 Å². The lowest BCUT2D eigenvalue weighted by molar-refractivity contribution is -0.112. The average molecular weight is 158 g/mol. The van der Waals surface area contributed by atoms with E-state index in [1.807, 2.05) is 17.8 Å². The molecule has 0 N–H and O–H groups in total. The van der Waals surface area contributed by atoms with Crippen molar-refractivity contribution in [1.29, 1.82) is 0 Å². The molecule has 0 aromatic carbocycles. The highest BCUT2D eigenvalue weighted by molar-refractivity contribution is 7.99. The molecule has 0 fully saturated rings. The molecule has 0 aliphatic rings. The van der Waals surface area contributed by atoms with E-state index < -0.39 is 0 Å². The lowest BCUT2D eigenvalue weighted by Gasteiger charge is -1.90. The van der Waals surface area contributed by atoms with Crippen molar-refractivity contribution in [3.05, 3.63) is 12.2 Å². The first-order valence-corrected chi connectivity index (χ1v) is 4.67. The first-order chi connectivity index (χ1) is 4.77. The summed E-state index contributed by atoms with van der Waals surface area (Å²) in [7, 11) is 0. The van der Waals surface area contributed by atoms with E-state index in [1.165, 1.54) is 0 Å². The van der Waals surface area contributed by atoms with Crippen LogP contribution in [0.5, 0.6) is 0 Å². The van der Waals surface area contributed by atoms with Crippen molar-refractivity contribution in [3.63, 3.8) is 0 Å². The largest absolute Gasteiger partial charge is 0.295 e. The van der Waals surface area contributed by atoms with Gasteiger partial charge in [-0.15, -0.1) is 0 Å². The third kappa shape index (κ3) is 7.76. The molecule has 0 rings (SSSR count). The van der Waals surface area contributed by atoms with Gasteiger partial charge in [0.05, 0.1) is 0 Å². The second-order valence-electron chi connectivity index (χ2n) is 2.00. The fourth-order valence-corrected chi connectivity index (χ4v) is 1.14. The molecule has 10 heavy (non-hydrogen) atoms. The molecule has 0 bridgehead atoms. The Bertz CT molecular complexity index is 118. The number of allylic oxidation sites excluding steroid dienone is 2. The Hall–Kier alpha value is -0.240. The van der Waals surface area contributed by atoms with Gasteiger partial charge in [0, 0.05) is 0 Å². The maximum atomic E-state index is 10.4. The summed E-state index contributed by atoms with van der Waals surface area (Å²) in [5.41, 5.74) is 0. The van der Waals surface area contributed by atoms with Gasteiger partial charge in [-0.05, 0) is 30.9 Å². The van der Waals surface area contributed by atoms with Crippen LogP contribution in [0, 0.1) is 0 Å². The summed E-state index contributed by atoms with van der Waals surface area (Å²) >= 11 is 1.90. The van der Waals surface area contributed by atoms with Crippen LogP contribution in [0.2, 0.25) is 0 Å². The number of thioether (sulfide) groups is 1. The van der Waals surface area contributed by atoms with Gasteiger partial charge >= 0.3 is 0 Å². The molecule has 0 aromatic rings. The van der Waals surface area contributed by atoms with Gasteiger partial charge in [0.1, 0.15) is 0 Å². The van der Waals surface area contributed by atoms with E-state index in [9.17, 15) is 4.79 Å². The van der Waals surface area contributed by atoms with Crippen molar-refractivity contribution in [2.45, 2.75) is 20.3 Å². The molecule has 0 radical (unpaired) electrons. The molecule has 0 saturated carbocycles. The Morgan fingerprint density at radius 3 is 2.80 bits per heavy atom. The van der Waals surface area contributed by atoms with Crippen LogP contribution in [-0.4, -0.2) is 17.3 Å². The van der Waals surface area contributed by atoms with Crippen LogP contribution < -0.4 is 0 Å². The predicted molar refractivity (Wildman–Crippen MR) is 47.4 cm³/mol. The number of carbonyl (C=O) groups is 1. The molecule has 2 heteroatoms. The van der Waals surface area contributed by atoms with Crippen LogP contribution in [-0.2, 0) is 4.79 Å². The molecule has 0 amide bonds. The summed E-state index contributed by atoms with van der Waals surface area (Å²) in [6.45, 7) is 3.71. The molecule has 0 spiro atoms. The zero-order valence-electron chi connectivity index (χ0n) is 6.59. The molecule has 0 aliphatic carbocycles. The summed E-state index contributed by atoms with van der Waals surface area (Å²) in [5.74, 6) is 2.43. The maximum Gasteiger partial charge on any atom is 0.152 e. The van der Waals surface area contributed by atoms with Gasteiger partial charge in [-0.1, -0.05) is 13.0 Å². The van der Waals surface area contributed by atoms with E-state index in [2.05, 4.69) is 6.92 Å². The van der Waals surface area contributed by atoms with Gasteiger partial charge in [-0.3, -0.25) is 4.79 Å². The lowest BCUT2D eigenvalue weighted by atomic mass is 10.3. The van der Waals surface area contributed by atoms with Gasteiger partial charge in [0.15, 0.2) is 5.78 Å². The van der Waals surface area contributed by atoms with E-state index in [1.54, 1.807) is 13.0 Å². The van der Waals surface area contributed by atoms with Crippen LogP contribution in [0.4, 0.5) is 0 Å². The van der Waals surface area contributed by atoms with Gasteiger partial charge in [-0.2, -0.15) is 11.8 Å². The molecule has 1 nitrogen and oxygen atoms in total. The van der Waals surface area contributed by atoms with Crippen molar-refractivity contribution in [3.8, 4) is 0 Å². The van der Waals surface area contributed by atoms with Gasteiger partial charge < -0.3 is 0 Å². The summed E-state index contributed by atoms with van der Waals surface area (Å²) < 4.78 is 0. The fourth-order valence-electron chi connectivity index (χ4n) is 0.545. The Morgan fingerprint density at radius 1 is 1.60 bits per heavy atom. The van der Waals surface area contributed by atoms with Crippen LogP contribution in [0.15, 0.2) is 12.2 Å².